The molecule has 160 valence electrons. The molecule has 0 spiro atoms. The number of Topliss-reactive ketones (excluding diaryl/α,β-unsaturated/α-hetero) is 1. The van der Waals surface area contributed by atoms with E-state index in [-0.39, 0.29) is 17.8 Å². The summed E-state index contributed by atoms with van der Waals surface area (Å²) in [4.78, 5) is 29.8. The first kappa shape index (κ1) is 22.0. The number of ketones is 1. The van der Waals surface area contributed by atoms with Crippen LogP contribution in [0.1, 0.15) is 51.5 Å². The summed E-state index contributed by atoms with van der Waals surface area (Å²) in [5, 5.41) is 1.98. The fraction of sp³-hybridized carbons (Fsp3) is 0.458. The van der Waals surface area contributed by atoms with Crippen molar-refractivity contribution in [3.8, 4) is 5.88 Å². The minimum atomic E-state index is -0.416. The molecule has 3 rings (SSSR count). The Labute approximate surface area is 178 Å². The number of ether oxygens (including phenoxy) is 1. The lowest BCUT2D eigenvalue weighted by Gasteiger charge is -2.19. The summed E-state index contributed by atoms with van der Waals surface area (Å²) in [5.74, 6) is 0.426. The molecule has 1 fully saturated rings. The van der Waals surface area contributed by atoms with Crippen molar-refractivity contribution in [3.05, 3.63) is 42.1 Å². The minimum absolute atomic E-state index is 0.0129. The molecule has 0 saturated carbocycles. The van der Waals surface area contributed by atoms with Crippen molar-refractivity contribution >= 4 is 28.5 Å². The predicted octanol–water partition coefficient (Wildman–Crippen LogP) is 3.72. The number of carbonyl (C=O) groups excluding carboxylic acids is 2. The van der Waals surface area contributed by atoms with E-state index in [2.05, 4.69) is 35.3 Å². The van der Waals surface area contributed by atoms with E-state index in [1.165, 1.54) is 13.8 Å². The number of fused-ring (bicyclic) bond motifs is 1. The Kier molecular flexibility index (Phi) is 7.57. The standard InChI is InChI=1S/C24H31N3O3/c1-17(28)23-15-21(16-27(23)18(2)29)30-24-22-14-19(8-6-4-3-5-7-12-25)9-10-20(22)11-13-26-24/h6,8-11,13-14,21,23H,3-5,7,12,15-16,25H2,1-2H3/b8-6+/t21-,23+/m1/s1. The van der Waals surface area contributed by atoms with Crippen molar-refractivity contribution in [1.82, 2.24) is 9.88 Å². The molecule has 1 aromatic heterocycles. The molecule has 1 aromatic carbocycles. The number of benzene rings is 1. The topological polar surface area (TPSA) is 85.5 Å². The zero-order valence-corrected chi connectivity index (χ0v) is 17.8. The lowest BCUT2D eigenvalue weighted by molar-refractivity contribution is -0.135. The molecule has 0 unspecified atom stereocenters. The molecule has 2 N–H and O–H groups in total. The highest BCUT2D eigenvalue weighted by atomic mass is 16.5. The third kappa shape index (κ3) is 5.45. The maximum absolute atomic E-state index is 11.9. The number of aromatic nitrogens is 1. The van der Waals surface area contributed by atoms with Crippen molar-refractivity contribution in [3.63, 3.8) is 0 Å². The fourth-order valence-electron chi connectivity index (χ4n) is 3.93. The van der Waals surface area contributed by atoms with Crippen LogP contribution in [0.15, 0.2) is 36.5 Å². The number of nitrogens with two attached hydrogens (primary N) is 1. The first-order valence-electron chi connectivity index (χ1n) is 10.7. The van der Waals surface area contributed by atoms with Gasteiger partial charge < -0.3 is 15.4 Å². The van der Waals surface area contributed by atoms with E-state index < -0.39 is 6.04 Å². The second-order valence-electron chi connectivity index (χ2n) is 7.91. The second kappa shape index (κ2) is 10.3. The van der Waals surface area contributed by atoms with Crippen molar-refractivity contribution in [2.45, 2.75) is 58.1 Å². The van der Waals surface area contributed by atoms with Crippen molar-refractivity contribution < 1.29 is 14.3 Å². The van der Waals surface area contributed by atoms with Crippen LogP contribution in [0.4, 0.5) is 0 Å². The number of hydrogen-bond acceptors (Lipinski definition) is 5. The number of pyridine rings is 1. The van der Waals surface area contributed by atoms with Gasteiger partial charge in [0.15, 0.2) is 5.78 Å². The van der Waals surface area contributed by atoms with Crippen LogP contribution in [-0.4, -0.2) is 46.8 Å². The third-order valence-electron chi connectivity index (χ3n) is 5.55. The number of rotatable bonds is 9. The number of unbranched alkanes of at least 4 members (excludes halogenated alkanes) is 3. The molecular weight excluding hydrogens is 378 g/mol. The van der Waals surface area contributed by atoms with Gasteiger partial charge in [0.05, 0.1) is 12.6 Å². The molecular formula is C24H31N3O3. The molecule has 0 bridgehead atoms. The molecule has 2 aromatic rings. The average Bonchev–Trinajstić information content (AvgIpc) is 3.15. The van der Waals surface area contributed by atoms with Crippen LogP contribution in [-0.2, 0) is 9.59 Å². The van der Waals surface area contributed by atoms with E-state index in [4.69, 9.17) is 10.5 Å². The van der Waals surface area contributed by atoms with Gasteiger partial charge in [-0.1, -0.05) is 30.7 Å². The van der Waals surface area contributed by atoms with Crippen molar-refractivity contribution in [2.24, 2.45) is 5.73 Å². The van der Waals surface area contributed by atoms with Gasteiger partial charge in [0, 0.05) is 24.9 Å². The van der Waals surface area contributed by atoms with Crippen molar-refractivity contribution in [2.75, 3.05) is 13.1 Å². The number of nitrogens with zero attached hydrogens (tertiary/aromatic N) is 2. The molecule has 0 radical (unpaired) electrons. The lowest BCUT2D eigenvalue weighted by Crippen LogP contribution is -2.38. The van der Waals surface area contributed by atoms with Gasteiger partial charge in [0.25, 0.3) is 0 Å². The summed E-state index contributed by atoms with van der Waals surface area (Å²) in [5.41, 5.74) is 6.63. The summed E-state index contributed by atoms with van der Waals surface area (Å²) in [6, 6.07) is 7.76. The number of carbonyl (C=O) groups is 2. The van der Waals surface area contributed by atoms with Gasteiger partial charge in [-0.2, -0.15) is 0 Å². The van der Waals surface area contributed by atoms with E-state index in [0.717, 1.165) is 48.6 Å². The quantitative estimate of drug-likeness (QED) is 0.638. The van der Waals surface area contributed by atoms with Gasteiger partial charge in [-0.3, -0.25) is 9.59 Å². The summed E-state index contributed by atoms with van der Waals surface area (Å²) < 4.78 is 6.18. The lowest BCUT2D eigenvalue weighted by atomic mass is 10.1. The maximum atomic E-state index is 11.9. The summed E-state index contributed by atoms with van der Waals surface area (Å²) in [6.45, 7) is 4.17. The van der Waals surface area contributed by atoms with Crippen LogP contribution in [0, 0.1) is 0 Å². The molecule has 6 heteroatoms. The summed E-state index contributed by atoms with van der Waals surface area (Å²) in [7, 11) is 0. The molecule has 1 aliphatic rings. The summed E-state index contributed by atoms with van der Waals surface area (Å²) >= 11 is 0. The third-order valence-corrected chi connectivity index (χ3v) is 5.55. The first-order chi connectivity index (χ1) is 14.5. The molecule has 1 aliphatic heterocycles. The Balaban J connectivity index is 1.73. The van der Waals surface area contributed by atoms with Gasteiger partial charge >= 0.3 is 0 Å². The van der Waals surface area contributed by atoms with Crippen LogP contribution in [0.5, 0.6) is 5.88 Å². The van der Waals surface area contributed by atoms with Crippen LogP contribution in [0.25, 0.3) is 16.8 Å². The van der Waals surface area contributed by atoms with Gasteiger partial charge in [0.1, 0.15) is 6.10 Å². The highest BCUT2D eigenvalue weighted by Crippen LogP contribution is 2.29. The van der Waals surface area contributed by atoms with Crippen LogP contribution >= 0.6 is 0 Å². The van der Waals surface area contributed by atoms with Gasteiger partial charge in [-0.05, 0) is 55.8 Å². The average molecular weight is 410 g/mol. The number of hydrogen-bond donors (Lipinski definition) is 1. The van der Waals surface area contributed by atoms with Crippen molar-refractivity contribution in [1.29, 1.82) is 0 Å². The van der Waals surface area contributed by atoms with E-state index in [1.54, 1.807) is 11.1 Å². The fourth-order valence-corrected chi connectivity index (χ4v) is 3.93. The molecule has 30 heavy (non-hydrogen) atoms. The SMILES string of the molecule is CC(=O)[C@@H]1C[C@@H](Oc2nccc3ccc(/C=C/CCCCCN)cc23)CN1C(C)=O. The highest BCUT2D eigenvalue weighted by Gasteiger charge is 2.37. The molecule has 6 nitrogen and oxygen atoms in total. The zero-order chi connectivity index (χ0) is 21.5. The van der Waals surface area contributed by atoms with E-state index in [0.29, 0.717) is 18.8 Å². The molecule has 1 saturated heterocycles. The van der Waals surface area contributed by atoms with Crippen LogP contribution in [0.2, 0.25) is 0 Å². The Morgan fingerprint density at radius 1 is 1.23 bits per heavy atom. The number of amides is 1. The molecule has 2 heterocycles. The molecule has 2 atom stereocenters. The number of likely N-dealkylation sites (tertiary alicyclic amines) is 1. The maximum Gasteiger partial charge on any atom is 0.221 e. The van der Waals surface area contributed by atoms with E-state index in [9.17, 15) is 9.59 Å². The first-order valence-corrected chi connectivity index (χ1v) is 10.7. The van der Waals surface area contributed by atoms with Gasteiger partial charge in [-0.15, -0.1) is 0 Å². The second-order valence-corrected chi connectivity index (χ2v) is 7.91. The predicted molar refractivity (Wildman–Crippen MR) is 119 cm³/mol. The van der Waals surface area contributed by atoms with Gasteiger partial charge in [0.2, 0.25) is 11.8 Å². The normalized spacial score (nSPS) is 19.0. The Morgan fingerprint density at radius 2 is 2.07 bits per heavy atom. The monoisotopic (exact) mass is 409 g/mol. The molecule has 1 amide bonds. The van der Waals surface area contributed by atoms with E-state index >= 15 is 0 Å². The largest absolute Gasteiger partial charge is 0.472 e. The van der Waals surface area contributed by atoms with Crippen LogP contribution in [0.3, 0.4) is 0 Å². The molecule has 0 aliphatic carbocycles. The van der Waals surface area contributed by atoms with Gasteiger partial charge in [-0.25, -0.2) is 4.98 Å². The van der Waals surface area contributed by atoms with Crippen LogP contribution < -0.4 is 10.5 Å². The number of allylic oxidation sites excluding steroid dienone is 1. The Morgan fingerprint density at radius 3 is 2.77 bits per heavy atom. The minimum Gasteiger partial charge on any atom is -0.472 e. The Hall–Kier alpha value is -2.73. The Bertz CT molecular complexity index is 903. The highest BCUT2D eigenvalue weighted by molar-refractivity contribution is 5.89. The smallest absolute Gasteiger partial charge is 0.221 e. The summed E-state index contributed by atoms with van der Waals surface area (Å²) in [6.07, 6.45) is 10.7. The van der Waals surface area contributed by atoms with E-state index in [1.807, 2.05) is 6.07 Å². The zero-order valence-electron chi connectivity index (χ0n) is 17.8.